The molecule has 0 saturated heterocycles. The first-order valence-corrected chi connectivity index (χ1v) is 17.3. The van der Waals surface area contributed by atoms with Crippen LogP contribution >= 0.6 is 0 Å². The Bertz CT molecular complexity index is 2900. The zero-order valence-electron chi connectivity index (χ0n) is 27.8. The lowest BCUT2D eigenvalue weighted by Gasteiger charge is -2.24. The monoisotopic (exact) mass is 645 g/mol. The number of hydrogen-bond donors (Lipinski definition) is 2. The molecule has 0 bridgehead atoms. The first-order chi connectivity index (χ1) is 24.5. The van der Waals surface area contributed by atoms with Crippen molar-refractivity contribution in [2.24, 2.45) is 11.5 Å². The number of furan rings is 1. The van der Waals surface area contributed by atoms with Gasteiger partial charge in [0.25, 0.3) is 0 Å². The minimum Gasteiger partial charge on any atom is -0.456 e. The van der Waals surface area contributed by atoms with Crippen LogP contribution in [0.3, 0.4) is 0 Å². The van der Waals surface area contributed by atoms with E-state index in [0.717, 1.165) is 17.7 Å². The predicted molar refractivity (Wildman–Crippen MR) is 209 cm³/mol. The van der Waals surface area contributed by atoms with Gasteiger partial charge < -0.3 is 20.5 Å². The van der Waals surface area contributed by atoms with Crippen molar-refractivity contribution >= 4 is 65.3 Å². The largest absolute Gasteiger partial charge is 0.456 e. The topological polar surface area (TPSA) is 70.1 Å². The first-order valence-electron chi connectivity index (χ1n) is 17.3. The highest BCUT2D eigenvalue weighted by atomic mass is 16.3. The molecule has 11 rings (SSSR count). The summed E-state index contributed by atoms with van der Waals surface area (Å²) in [5.41, 5.74) is 23.7. The van der Waals surface area contributed by atoms with Crippen LogP contribution in [0.15, 0.2) is 150 Å². The first kappa shape index (κ1) is 29.0. The van der Waals surface area contributed by atoms with Crippen molar-refractivity contribution in [3.63, 3.8) is 0 Å². The van der Waals surface area contributed by atoms with Crippen LogP contribution < -0.4 is 11.5 Å². The van der Waals surface area contributed by atoms with Crippen molar-refractivity contribution in [2.45, 2.75) is 25.6 Å². The van der Waals surface area contributed by atoms with E-state index in [-0.39, 0.29) is 0 Å². The van der Waals surface area contributed by atoms with Gasteiger partial charge in [-0.1, -0.05) is 121 Å². The maximum atomic E-state index is 7.40. The molecule has 50 heavy (non-hydrogen) atoms. The summed E-state index contributed by atoms with van der Waals surface area (Å²) in [6.07, 6.45) is 0. The molecule has 8 aromatic carbocycles. The Morgan fingerprint density at radius 1 is 0.560 bits per heavy atom. The molecule has 0 spiro atoms. The molecule has 1 atom stereocenters. The lowest BCUT2D eigenvalue weighted by Crippen LogP contribution is -2.32. The highest BCUT2D eigenvalue weighted by molar-refractivity contribution is 6.38. The van der Waals surface area contributed by atoms with Gasteiger partial charge >= 0.3 is 0 Å². The molecule has 0 saturated carbocycles. The van der Waals surface area contributed by atoms with E-state index in [1.807, 2.05) is 30.3 Å². The van der Waals surface area contributed by atoms with Gasteiger partial charge in [0.15, 0.2) is 0 Å². The standard InChI is InChI=1S/C39H26N2O.C7H9N/c1-39(40)29-16-8-7-14-25(29)28-20-27-24-13-6-5-12-23(24)26-15-9-17-31-33(26)36-32(42-31)19-18-30-35(36)34(27)38(37(28)39)41(30)21-22-10-3-2-4-11-22;8-6-7-4-2-1-3-5-7/h2-20H,21,40H2,1H3;1-5H,6,8H2. The van der Waals surface area contributed by atoms with Crippen molar-refractivity contribution < 1.29 is 4.42 Å². The zero-order valence-corrected chi connectivity index (χ0v) is 27.8. The molecular weight excluding hydrogens is 611 g/mol. The van der Waals surface area contributed by atoms with E-state index in [9.17, 15) is 0 Å². The summed E-state index contributed by atoms with van der Waals surface area (Å²) in [4.78, 5) is 0. The molecule has 4 N–H and O–H groups in total. The second-order valence-corrected chi connectivity index (χ2v) is 13.7. The van der Waals surface area contributed by atoms with Crippen LogP contribution in [-0.4, -0.2) is 4.57 Å². The highest BCUT2D eigenvalue weighted by Gasteiger charge is 2.40. The molecule has 0 radical (unpaired) electrons. The Kier molecular flexibility index (Phi) is 6.26. The Hall–Kier alpha value is -5.94. The lowest BCUT2D eigenvalue weighted by atomic mass is 9.87. The molecular formula is C46H35N3O. The number of benzene rings is 7. The summed E-state index contributed by atoms with van der Waals surface area (Å²) in [5, 5.41) is 9.83. The lowest BCUT2D eigenvalue weighted by molar-refractivity contribution is 0.622. The number of fused-ring (bicyclic) bond motifs is 7. The van der Waals surface area contributed by atoms with E-state index in [0.29, 0.717) is 6.54 Å². The van der Waals surface area contributed by atoms with Gasteiger partial charge in [-0.2, -0.15) is 0 Å². The highest BCUT2D eigenvalue weighted by Crippen LogP contribution is 2.54. The van der Waals surface area contributed by atoms with Gasteiger partial charge in [0.1, 0.15) is 11.2 Å². The van der Waals surface area contributed by atoms with E-state index in [1.165, 1.54) is 87.5 Å². The summed E-state index contributed by atoms with van der Waals surface area (Å²) >= 11 is 0. The molecule has 0 fully saturated rings. The average Bonchev–Trinajstić information content (AvgIpc) is 3.77. The van der Waals surface area contributed by atoms with Crippen molar-refractivity contribution in [2.75, 3.05) is 0 Å². The third-order valence-electron chi connectivity index (χ3n) is 10.8. The fourth-order valence-corrected chi connectivity index (χ4v) is 8.67. The van der Waals surface area contributed by atoms with Crippen LogP contribution in [0.2, 0.25) is 0 Å². The average molecular weight is 646 g/mol. The Morgan fingerprint density at radius 2 is 1.20 bits per heavy atom. The van der Waals surface area contributed by atoms with E-state index in [4.69, 9.17) is 15.9 Å². The fraction of sp³-hybridized carbons (Fsp3) is 0.0870. The van der Waals surface area contributed by atoms with Crippen LogP contribution in [0.1, 0.15) is 29.2 Å². The molecule has 2 heterocycles. The molecule has 2 aromatic heterocycles. The number of nitrogens with zero attached hydrogens (tertiary/aromatic N) is 1. The molecule has 10 aromatic rings. The Labute approximate surface area is 289 Å². The fourth-order valence-electron chi connectivity index (χ4n) is 8.67. The number of aromatic nitrogens is 1. The van der Waals surface area contributed by atoms with E-state index >= 15 is 0 Å². The SMILES string of the molecule is CC1(N)c2ccccc2-c2cc3c4ccccc4c4cccc5oc6ccc7c(c6c54)c3c(c21)n7Cc1ccccc1.NCc1ccccc1. The molecule has 0 amide bonds. The number of nitrogens with two attached hydrogens (primary N) is 2. The van der Waals surface area contributed by atoms with Crippen molar-refractivity contribution in [3.05, 3.63) is 168 Å². The zero-order chi connectivity index (χ0) is 33.6. The Balaban J connectivity index is 0.000000352. The maximum Gasteiger partial charge on any atom is 0.136 e. The smallest absolute Gasteiger partial charge is 0.136 e. The predicted octanol–water partition coefficient (Wildman–Crippen LogP) is 10.8. The van der Waals surface area contributed by atoms with Gasteiger partial charge in [-0.25, -0.2) is 0 Å². The van der Waals surface area contributed by atoms with Gasteiger partial charge in [0, 0.05) is 40.2 Å². The van der Waals surface area contributed by atoms with Gasteiger partial charge in [-0.3, -0.25) is 0 Å². The summed E-state index contributed by atoms with van der Waals surface area (Å²) in [6.45, 7) is 3.57. The minimum absolute atomic E-state index is 0.640. The van der Waals surface area contributed by atoms with E-state index in [1.54, 1.807) is 0 Å². The summed E-state index contributed by atoms with van der Waals surface area (Å²) in [5.74, 6) is 0. The van der Waals surface area contributed by atoms with Gasteiger partial charge in [-0.05, 0) is 80.6 Å². The molecule has 240 valence electrons. The third kappa shape index (κ3) is 4.01. The Morgan fingerprint density at radius 3 is 1.94 bits per heavy atom. The van der Waals surface area contributed by atoms with Crippen LogP contribution in [0.5, 0.6) is 0 Å². The number of hydrogen-bond acceptors (Lipinski definition) is 3. The molecule has 4 nitrogen and oxygen atoms in total. The minimum atomic E-state index is -0.641. The molecule has 1 aliphatic rings. The molecule has 0 aliphatic heterocycles. The second-order valence-electron chi connectivity index (χ2n) is 13.7. The molecule has 1 unspecified atom stereocenters. The third-order valence-corrected chi connectivity index (χ3v) is 10.8. The number of rotatable bonds is 3. The van der Waals surface area contributed by atoms with Gasteiger partial charge in [-0.15, -0.1) is 0 Å². The van der Waals surface area contributed by atoms with Crippen LogP contribution in [0, 0.1) is 0 Å². The maximum absolute atomic E-state index is 7.40. The van der Waals surface area contributed by atoms with Crippen LogP contribution in [0.4, 0.5) is 0 Å². The van der Waals surface area contributed by atoms with Gasteiger partial charge in [0.05, 0.1) is 16.6 Å². The van der Waals surface area contributed by atoms with E-state index < -0.39 is 5.54 Å². The molecule has 4 heteroatoms. The van der Waals surface area contributed by atoms with Crippen molar-refractivity contribution in [1.82, 2.24) is 4.57 Å². The van der Waals surface area contributed by atoms with Crippen LogP contribution in [-0.2, 0) is 18.6 Å². The summed E-state index contributed by atoms with van der Waals surface area (Å²) in [6, 6.07) is 51.6. The summed E-state index contributed by atoms with van der Waals surface area (Å²) in [7, 11) is 0. The summed E-state index contributed by atoms with van der Waals surface area (Å²) < 4.78 is 9.09. The second kappa shape index (κ2) is 10.8. The van der Waals surface area contributed by atoms with Crippen molar-refractivity contribution in [1.29, 1.82) is 0 Å². The van der Waals surface area contributed by atoms with E-state index in [2.05, 4.69) is 127 Å². The normalized spacial score (nSPS) is 15.3. The molecule has 1 aliphatic carbocycles. The quantitative estimate of drug-likeness (QED) is 0.201. The van der Waals surface area contributed by atoms with Crippen molar-refractivity contribution in [3.8, 4) is 11.1 Å². The van der Waals surface area contributed by atoms with Crippen LogP contribution in [0.25, 0.3) is 76.4 Å². The van der Waals surface area contributed by atoms with Gasteiger partial charge in [0.2, 0.25) is 0 Å².